The third-order valence-electron chi connectivity index (χ3n) is 1.97. The van der Waals surface area contributed by atoms with Gasteiger partial charge in [0, 0.05) is 5.56 Å². The van der Waals surface area contributed by atoms with Crippen LogP contribution in [0.5, 0.6) is 0 Å². The number of carbonyl (C=O) groups is 1. The van der Waals surface area contributed by atoms with E-state index in [1.807, 2.05) is 0 Å². The topological polar surface area (TPSA) is 26.3 Å². The van der Waals surface area contributed by atoms with Gasteiger partial charge in [0.15, 0.2) is 0 Å². The Labute approximate surface area is 82.7 Å². The summed E-state index contributed by atoms with van der Waals surface area (Å²) >= 11 is 0. The summed E-state index contributed by atoms with van der Waals surface area (Å²) in [6.45, 7) is 3.05. The van der Waals surface area contributed by atoms with Crippen LogP contribution in [0, 0.1) is 0 Å². The van der Waals surface area contributed by atoms with Crippen LogP contribution in [-0.4, -0.2) is 12.6 Å². The third kappa shape index (κ3) is 2.10. The van der Waals surface area contributed by atoms with Gasteiger partial charge in [-0.1, -0.05) is 30.3 Å². The van der Waals surface area contributed by atoms with Gasteiger partial charge in [-0.05, 0) is 13.8 Å². The molecular formula is C11H13FO2. The maximum Gasteiger partial charge on any atom is 0.348 e. The molecule has 0 aliphatic carbocycles. The highest BCUT2D eigenvalue weighted by molar-refractivity contribution is 5.80. The monoisotopic (exact) mass is 196 g/mol. The molecule has 1 aromatic carbocycles. The summed E-state index contributed by atoms with van der Waals surface area (Å²) in [7, 11) is 0. The zero-order chi connectivity index (χ0) is 10.6. The molecule has 0 fully saturated rings. The molecule has 1 aromatic rings. The molecule has 0 amide bonds. The number of hydrogen-bond acceptors (Lipinski definition) is 2. The van der Waals surface area contributed by atoms with E-state index in [1.165, 1.54) is 6.92 Å². The zero-order valence-corrected chi connectivity index (χ0v) is 8.29. The second-order valence-corrected chi connectivity index (χ2v) is 3.09. The quantitative estimate of drug-likeness (QED) is 0.694. The van der Waals surface area contributed by atoms with E-state index in [9.17, 15) is 9.18 Å². The number of hydrogen-bond donors (Lipinski definition) is 0. The van der Waals surface area contributed by atoms with E-state index in [2.05, 4.69) is 4.74 Å². The molecular weight excluding hydrogens is 183 g/mol. The first-order valence-electron chi connectivity index (χ1n) is 4.50. The van der Waals surface area contributed by atoms with Crippen LogP contribution >= 0.6 is 0 Å². The van der Waals surface area contributed by atoms with Crippen molar-refractivity contribution in [3.8, 4) is 0 Å². The number of halogens is 1. The molecule has 1 rings (SSSR count). The number of ether oxygens (including phenoxy) is 1. The van der Waals surface area contributed by atoms with Crippen molar-refractivity contribution < 1.29 is 13.9 Å². The van der Waals surface area contributed by atoms with Gasteiger partial charge in [-0.25, -0.2) is 9.18 Å². The predicted octanol–water partition coefficient (Wildman–Crippen LogP) is 2.43. The fourth-order valence-electron chi connectivity index (χ4n) is 1.14. The lowest BCUT2D eigenvalue weighted by Crippen LogP contribution is -2.29. The largest absolute Gasteiger partial charge is 0.463 e. The van der Waals surface area contributed by atoms with Crippen LogP contribution in [0.2, 0.25) is 0 Å². The summed E-state index contributed by atoms with van der Waals surface area (Å²) in [5.41, 5.74) is -1.74. The number of benzene rings is 1. The molecule has 0 saturated heterocycles. The molecule has 1 unspecified atom stereocenters. The SMILES string of the molecule is CCOC(=O)C(C)(F)c1ccccc1. The summed E-state index contributed by atoms with van der Waals surface area (Å²) < 4.78 is 18.6. The molecule has 0 aliphatic rings. The van der Waals surface area contributed by atoms with E-state index in [-0.39, 0.29) is 6.61 Å². The predicted molar refractivity (Wildman–Crippen MR) is 51.5 cm³/mol. The van der Waals surface area contributed by atoms with Gasteiger partial charge in [-0.2, -0.15) is 0 Å². The Morgan fingerprint density at radius 1 is 1.43 bits per heavy atom. The average molecular weight is 196 g/mol. The van der Waals surface area contributed by atoms with Gasteiger partial charge in [0.2, 0.25) is 5.67 Å². The standard InChI is InChI=1S/C11H13FO2/c1-3-14-10(13)11(2,12)9-7-5-4-6-8-9/h4-8H,3H2,1-2H3. The van der Waals surface area contributed by atoms with Crippen molar-refractivity contribution in [3.05, 3.63) is 35.9 Å². The third-order valence-corrected chi connectivity index (χ3v) is 1.97. The van der Waals surface area contributed by atoms with Gasteiger partial charge in [0.25, 0.3) is 0 Å². The smallest absolute Gasteiger partial charge is 0.348 e. The normalized spacial score (nSPS) is 14.5. The Hall–Kier alpha value is -1.38. The second-order valence-electron chi connectivity index (χ2n) is 3.09. The Morgan fingerprint density at radius 2 is 2.00 bits per heavy atom. The molecule has 0 spiro atoms. The number of carbonyl (C=O) groups excluding carboxylic acids is 1. The lowest BCUT2D eigenvalue weighted by atomic mass is 9.98. The molecule has 0 radical (unpaired) electrons. The Balaban J connectivity index is 2.90. The second kappa shape index (κ2) is 4.22. The maximum absolute atomic E-state index is 13.9. The molecule has 3 heteroatoms. The molecule has 1 atom stereocenters. The molecule has 2 nitrogen and oxygen atoms in total. The molecule has 0 N–H and O–H groups in total. The van der Waals surface area contributed by atoms with Gasteiger partial charge in [0.05, 0.1) is 6.61 Å². The lowest BCUT2D eigenvalue weighted by Gasteiger charge is -2.18. The summed E-state index contributed by atoms with van der Waals surface area (Å²) in [5.74, 6) is -0.841. The van der Waals surface area contributed by atoms with Crippen molar-refractivity contribution >= 4 is 5.97 Å². The van der Waals surface area contributed by atoms with Gasteiger partial charge in [0.1, 0.15) is 0 Å². The van der Waals surface area contributed by atoms with Crippen molar-refractivity contribution in [1.82, 2.24) is 0 Å². The Kier molecular flexibility index (Phi) is 3.23. The number of esters is 1. The van der Waals surface area contributed by atoms with Crippen molar-refractivity contribution in [2.24, 2.45) is 0 Å². The molecule has 14 heavy (non-hydrogen) atoms. The summed E-state index contributed by atoms with van der Waals surface area (Å²) in [6.07, 6.45) is 0. The first-order chi connectivity index (χ1) is 6.59. The molecule has 0 aromatic heterocycles. The van der Waals surface area contributed by atoms with E-state index in [1.54, 1.807) is 37.3 Å². The van der Waals surface area contributed by atoms with Crippen LogP contribution in [0.1, 0.15) is 19.4 Å². The lowest BCUT2D eigenvalue weighted by molar-refractivity contribution is -0.156. The van der Waals surface area contributed by atoms with Crippen molar-refractivity contribution in [2.45, 2.75) is 19.5 Å². The highest BCUT2D eigenvalue weighted by Crippen LogP contribution is 2.26. The maximum atomic E-state index is 13.9. The Morgan fingerprint density at radius 3 is 2.50 bits per heavy atom. The van der Waals surface area contributed by atoms with E-state index >= 15 is 0 Å². The minimum atomic E-state index is -2.06. The molecule has 0 aliphatic heterocycles. The first-order valence-corrected chi connectivity index (χ1v) is 4.50. The summed E-state index contributed by atoms with van der Waals surface area (Å²) in [4.78, 5) is 11.3. The van der Waals surface area contributed by atoms with Crippen molar-refractivity contribution in [3.63, 3.8) is 0 Å². The van der Waals surface area contributed by atoms with E-state index in [0.29, 0.717) is 5.56 Å². The number of alkyl halides is 1. The number of rotatable bonds is 3. The van der Waals surface area contributed by atoms with Crippen LogP contribution < -0.4 is 0 Å². The van der Waals surface area contributed by atoms with Crippen molar-refractivity contribution in [2.75, 3.05) is 6.61 Å². The molecule has 0 heterocycles. The van der Waals surface area contributed by atoms with E-state index in [4.69, 9.17) is 0 Å². The van der Waals surface area contributed by atoms with Crippen LogP contribution in [0.4, 0.5) is 4.39 Å². The van der Waals surface area contributed by atoms with Gasteiger partial charge in [-0.3, -0.25) is 0 Å². The highest BCUT2D eigenvalue weighted by atomic mass is 19.1. The van der Waals surface area contributed by atoms with Gasteiger partial charge >= 0.3 is 5.97 Å². The van der Waals surface area contributed by atoms with E-state index in [0.717, 1.165) is 0 Å². The average Bonchev–Trinajstić information content (AvgIpc) is 2.19. The summed E-state index contributed by atoms with van der Waals surface area (Å²) in [5, 5.41) is 0. The van der Waals surface area contributed by atoms with Crippen LogP contribution in [0.15, 0.2) is 30.3 Å². The van der Waals surface area contributed by atoms with Crippen LogP contribution in [0.3, 0.4) is 0 Å². The summed E-state index contributed by atoms with van der Waals surface area (Å²) in [6, 6.07) is 8.28. The fraction of sp³-hybridized carbons (Fsp3) is 0.364. The van der Waals surface area contributed by atoms with Crippen molar-refractivity contribution in [1.29, 1.82) is 0 Å². The molecule has 0 saturated carbocycles. The fourth-order valence-corrected chi connectivity index (χ4v) is 1.14. The van der Waals surface area contributed by atoms with E-state index < -0.39 is 11.6 Å². The minimum absolute atomic E-state index is 0.186. The zero-order valence-electron chi connectivity index (χ0n) is 8.29. The van der Waals surface area contributed by atoms with Gasteiger partial charge < -0.3 is 4.74 Å². The van der Waals surface area contributed by atoms with Crippen LogP contribution in [-0.2, 0) is 15.2 Å². The van der Waals surface area contributed by atoms with Crippen LogP contribution in [0.25, 0.3) is 0 Å². The molecule has 0 bridgehead atoms. The molecule has 76 valence electrons. The van der Waals surface area contributed by atoms with Gasteiger partial charge in [-0.15, -0.1) is 0 Å². The first kappa shape index (κ1) is 10.7. The Bertz CT molecular complexity index is 306. The highest BCUT2D eigenvalue weighted by Gasteiger charge is 2.36. The minimum Gasteiger partial charge on any atom is -0.463 e.